The van der Waals surface area contributed by atoms with Gasteiger partial charge in [0.25, 0.3) is 16.4 Å². The lowest BCUT2D eigenvalue weighted by Gasteiger charge is -2.07. The van der Waals surface area contributed by atoms with Gasteiger partial charge < -0.3 is 0 Å². The van der Waals surface area contributed by atoms with Crippen molar-refractivity contribution < 1.29 is 21.6 Å². The molecule has 84 valence electrons. The van der Waals surface area contributed by atoms with Crippen molar-refractivity contribution >= 4 is 10.0 Å². The molecule has 0 fully saturated rings. The fourth-order valence-electron chi connectivity index (χ4n) is 0.981. The fourth-order valence-corrected chi connectivity index (χ4v) is 1.66. The highest BCUT2D eigenvalue weighted by Crippen LogP contribution is 2.25. The Kier molecular flexibility index (Phi) is 3.00. The Balaban J connectivity index is 3.56. The van der Waals surface area contributed by atoms with E-state index in [9.17, 15) is 21.6 Å². The van der Waals surface area contributed by atoms with Crippen LogP contribution in [0.5, 0.6) is 0 Å². The Hall–Kier alpha value is -1.15. The molecule has 1 rings (SSSR count). The van der Waals surface area contributed by atoms with Gasteiger partial charge in [-0.15, -0.1) is 0 Å². The summed E-state index contributed by atoms with van der Waals surface area (Å²) in [5, 5.41) is 3.50. The number of nitrogens with zero attached hydrogens (tertiary/aromatic N) is 1. The van der Waals surface area contributed by atoms with Gasteiger partial charge in [-0.1, -0.05) is 0 Å². The minimum absolute atomic E-state index is 0.169. The van der Waals surface area contributed by atoms with Crippen LogP contribution >= 0.6 is 0 Å². The average molecular weight is 240 g/mol. The molecule has 0 aliphatic heterocycles. The van der Waals surface area contributed by atoms with Crippen LogP contribution in [0.3, 0.4) is 0 Å². The lowest BCUT2D eigenvalue weighted by atomic mass is 10.2. The molecule has 4 nitrogen and oxygen atoms in total. The van der Waals surface area contributed by atoms with Crippen LogP contribution in [0.2, 0.25) is 0 Å². The Labute approximate surface area is 84.0 Å². The van der Waals surface area contributed by atoms with Gasteiger partial charge >= 0.3 is 0 Å². The summed E-state index contributed by atoms with van der Waals surface area (Å²) < 4.78 is 59.3. The molecule has 0 radical (unpaired) electrons. The molecule has 1 heterocycles. The monoisotopic (exact) mass is 240 g/mol. The van der Waals surface area contributed by atoms with E-state index in [0.29, 0.717) is 6.07 Å². The van der Waals surface area contributed by atoms with E-state index in [1.54, 1.807) is 0 Å². The van der Waals surface area contributed by atoms with E-state index in [-0.39, 0.29) is 5.56 Å². The lowest BCUT2D eigenvalue weighted by molar-refractivity contribution is 0.146. The van der Waals surface area contributed by atoms with Crippen LogP contribution in [0, 0.1) is 12.9 Å². The van der Waals surface area contributed by atoms with Gasteiger partial charge in [-0.3, -0.25) is 0 Å². The first-order valence-corrected chi connectivity index (χ1v) is 5.26. The molecule has 0 saturated heterocycles. The molecule has 0 bridgehead atoms. The van der Waals surface area contributed by atoms with Gasteiger partial charge in [0.2, 0.25) is 5.95 Å². The minimum atomic E-state index is -4.45. The summed E-state index contributed by atoms with van der Waals surface area (Å²) in [5.41, 5.74) is -1.06. The molecule has 0 aromatic carbocycles. The number of nitrogens with two attached hydrogens (primary N) is 1. The van der Waals surface area contributed by atoms with E-state index < -0.39 is 33.0 Å². The first kappa shape index (κ1) is 11.9. The highest BCUT2D eigenvalue weighted by atomic mass is 32.2. The molecule has 0 aliphatic carbocycles. The second-order valence-corrected chi connectivity index (χ2v) is 4.31. The maximum Gasteiger partial charge on any atom is 0.266 e. The summed E-state index contributed by atoms with van der Waals surface area (Å²) in [4.78, 5) is 2.91. The predicted molar refractivity (Wildman–Crippen MR) is 45.3 cm³/mol. The van der Waals surface area contributed by atoms with E-state index in [4.69, 9.17) is 0 Å². The summed E-state index contributed by atoms with van der Waals surface area (Å²) in [5.74, 6) is -1.14. The molecule has 0 amide bonds. The van der Waals surface area contributed by atoms with Crippen molar-refractivity contribution in [2.45, 2.75) is 18.4 Å². The van der Waals surface area contributed by atoms with Crippen molar-refractivity contribution in [2.24, 2.45) is 5.14 Å². The van der Waals surface area contributed by atoms with Crippen LogP contribution in [0.1, 0.15) is 17.6 Å². The Bertz CT molecular complexity index is 487. The van der Waals surface area contributed by atoms with Crippen LogP contribution in [-0.4, -0.2) is 13.4 Å². The lowest BCUT2D eigenvalue weighted by Crippen LogP contribution is -2.18. The third-order valence-electron chi connectivity index (χ3n) is 1.65. The van der Waals surface area contributed by atoms with Crippen LogP contribution in [0.25, 0.3) is 0 Å². The van der Waals surface area contributed by atoms with E-state index in [2.05, 4.69) is 10.1 Å². The summed E-state index contributed by atoms with van der Waals surface area (Å²) in [6, 6.07) is 0.715. The molecular formula is C7H7F3N2O2S. The minimum Gasteiger partial charge on any atom is -0.223 e. The van der Waals surface area contributed by atoms with Gasteiger partial charge in [0.1, 0.15) is 0 Å². The zero-order valence-corrected chi connectivity index (χ0v) is 8.35. The van der Waals surface area contributed by atoms with Gasteiger partial charge in [-0.2, -0.15) is 4.39 Å². The van der Waals surface area contributed by atoms with Crippen molar-refractivity contribution in [1.29, 1.82) is 0 Å². The number of aryl methyl sites for hydroxylation is 1. The molecule has 0 spiro atoms. The molecule has 0 saturated carbocycles. The highest BCUT2D eigenvalue weighted by molar-refractivity contribution is 7.89. The van der Waals surface area contributed by atoms with Crippen LogP contribution in [0.15, 0.2) is 11.1 Å². The smallest absolute Gasteiger partial charge is 0.223 e. The SMILES string of the molecule is Cc1cc(C(F)F)c(S(N)(=O)=O)nc1F. The number of aromatic nitrogens is 1. The first-order chi connectivity index (χ1) is 6.73. The summed E-state index contributed by atoms with van der Waals surface area (Å²) in [7, 11) is -4.45. The average Bonchev–Trinajstić information content (AvgIpc) is 2.06. The predicted octanol–water partition coefficient (Wildman–Crippen LogP) is 1.11. The molecule has 1 aromatic heterocycles. The third-order valence-corrected chi connectivity index (χ3v) is 2.51. The fraction of sp³-hybridized carbons (Fsp3) is 0.286. The van der Waals surface area contributed by atoms with Crippen LogP contribution in [-0.2, 0) is 10.0 Å². The summed E-state index contributed by atoms with van der Waals surface area (Å²) in [6.45, 7) is 1.20. The number of hydrogen-bond acceptors (Lipinski definition) is 3. The standard InChI is InChI=1S/C7H7F3N2O2S/c1-3-2-4(5(8)9)7(12-6(3)10)15(11,13)14/h2,5H,1H3,(H2,11,13,14). The summed E-state index contributed by atoms with van der Waals surface area (Å²) >= 11 is 0. The number of hydrogen-bond donors (Lipinski definition) is 1. The number of alkyl halides is 2. The third kappa shape index (κ3) is 2.45. The van der Waals surface area contributed by atoms with Crippen molar-refractivity contribution in [3.8, 4) is 0 Å². The Morgan fingerprint density at radius 3 is 2.40 bits per heavy atom. The van der Waals surface area contributed by atoms with Crippen LogP contribution < -0.4 is 5.14 Å². The molecule has 0 aliphatic rings. The molecule has 0 unspecified atom stereocenters. The Morgan fingerprint density at radius 1 is 1.47 bits per heavy atom. The van der Waals surface area contributed by atoms with Gasteiger partial charge in [0, 0.05) is 5.56 Å². The van der Waals surface area contributed by atoms with Gasteiger partial charge in [0.15, 0.2) is 5.03 Å². The second-order valence-electron chi connectivity index (χ2n) is 2.84. The first-order valence-electron chi connectivity index (χ1n) is 3.71. The number of pyridine rings is 1. The van der Waals surface area contributed by atoms with E-state index >= 15 is 0 Å². The van der Waals surface area contributed by atoms with Crippen molar-refractivity contribution in [3.63, 3.8) is 0 Å². The second kappa shape index (κ2) is 3.78. The number of sulfonamides is 1. The summed E-state index contributed by atoms with van der Waals surface area (Å²) in [6.07, 6.45) is -3.08. The number of halogens is 3. The van der Waals surface area contributed by atoms with Crippen molar-refractivity contribution in [2.75, 3.05) is 0 Å². The molecule has 1 aromatic rings. The zero-order valence-electron chi connectivity index (χ0n) is 7.54. The largest absolute Gasteiger partial charge is 0.266 e. The maximum atomic E-state index is 12.9. The quantitative estimate of drug-likeness (QED) is 0.787. The highest BCUT2D eigenvalue weighted by Gasteiger charge is 2.24. The number of primary sulfonamides is 1. The van der Waals surface area contributed by atoms with E-state index in [0.717, 1.165) is 0 Å². The van der Waals surface area contributed by atoms with E-state index in [1.165, 1.54) is 6.92 Å². The number of rotatable bonds is 2. The molecule has 0 atom stereocenters. The van der Waals surface area contributed by atoms with Crippen molar-refractivity contribution in [1.82, 2.24) is 4.98 Å². The van der Waals surface area contributed by atoms with E-state index in [1.807, 2.05) is 0 Å². The molecule has 8 heteroatoms. The topological polar surface area (TPSA) is 73.1 Å². The van der Waals surface area contributed by atoms with Gasteiger partial charge in [-0.05, 0) is 13.0 Å². The molecule has 2 N–H and O–H groups in total. The van der Waals surface area contributed by atoms with Crippen LogP contribution in [0.4, 0.5) is 13.2 Å². The zero-order chi connectivity index (χ0) is 11.8. The van der Waals surface area contributed by atoms with Crippen molar-refractivity contribution in [3.05, 3.63) is 23.1 Å². The molecular weight excluding hydrogens is 233 g/mol. The Morgan fingerprint density at radius 2 is 2.00 bits per heavy atom. The molecule has 15 heavy (non-hydrogen) atoms. The van der Waals surface area contributed by atoms with Gasteiger partial charge in [-0.25, -0.2) is 27.3 Å². The van der Waals surface area contributed by atoms with Gasteiger partial charge in [0.05, 0.1) is 5.56 Å². The normalized spacial score (nSPS) is 12.1. The maximum absolute atomic E-state index is 12.9.